The molecule has 0 bridgehead atoms. The maximum absolute atomic E-state index is 11.4. The average Bonchev–Trinajstić information content (AvgIpc) is 2.51. The Bertz CT molecular complexity index is 429. The zero-order chi connectivity index (χ0) is 16.4. The number of hydrogen-bond donors (Lipinski definition) is 2. The van der Waals surface area contributed by atoms with Gasteiger partial charge in [0.05, 0.1) is 5.75 Å². The molecule has 0 unspecified atom stereocenters. The van der Waals surface area contributed by atoms with Crippen LogP contribution in [-0.4, -0.2) is 70.6 Å². The van der Waals surface area contributed by atoms with Crippen LogP contribution in [0.25, 0.3) is 0 Å². The summed E-state index contributed by atoms with van der Waals surface area (Å²) in [5, 5.41) is 6.29. The Morgan fingerprint density at radius 3 is 2.45 bits per heavy atom. The van der Waals surface area contributed by atoms with Crippen LogP contribution in [-0.2, 0) is 9.84 Å². The maximum atomic E-state index is 11.4. The molecule has 0 aromatic rings. The second-order valence-electron chi connectivity index (χ2n) is 6.04. The Labute approximate surface area is 135 Å². The van der Waals surface area contributed by atoms with Crippen molar-refractivity contribution in [1.29, 1.82) is 0 Å². The predicted octanol–water partition coefficient (Wildman–Crippen LogP) is 0.708. The molecule has 7 heteroatoms. The molecule has 6 nitrogen and oxygen atoms in total. The van der Waals surface area contributed by atoms with E-state index in [0.717, 1.165) is 25.4 Å². The van der Waals surface area contributed by atoms with E-state index in [1.807, 2.05) is 0 Å². The van der Waals surface area contributed by atoms with Crippen LogP contribution < -0.4 is 10.6 Å². The van der Waals surface area contributed by atoms with Crippen LogP contribution in [0.4, 0.5) is 0 Å². The quantitative estimate of drug-likeness (QED) is 0.389. The van der Waals surface area contributed by atoms with Crippen LogP contribution >= 0.6 is 0 Å². The fourth-order valence-electron chi connectivity index (χ4n) is 2.49. The van der Waals surface area contributed by atoms with Crippen molar-refractivity contribution in [2.45, 2.75) is 33.1 Å². The summed E-state index contributed by atoms with van der Waals surface area (Å²) in [5.41, 5.74) is 0. The lowest BCUT2D eigenvalue weighted by Gasteiger charge is -2.30. The zero-order valence-electron chi connectivity index (χ0n) is 14.3. The minimum Gasteiger partial charge on any atom is -0.356 e. The van der Waals surface area contributed by atoms with E-state index in [1.54, 1.807) is 14.0 Å². The second kappa shape index (κ2) is 10.0. The van der Waals surface area contributed by atoms with Crippen molar-refractivity contribution in [2.75, 3.05) is 51.3 Å². The first-order chi connectivity index (χ1) is 10.5. The first kappa shape index (κ1) is 19.2. The van der Waals surface area contributed by atoms with Crippen LogP contribution in [0.15, 0.2) is 4.99 Å². The Morgan fingerprint density at radius 1 is 1.23 bits per heavy atom. The van der Waals surface area contributed by atoms with Gasteiger partial charge >= 0.3 is 0 Å². The van der Waals surface area contributed by atoms with E-state index in [-0.39, 0.29) is 11.5 Å². The van der Waals surface area contributed by atoms with Crippen molar-refractivity contribution < 1.29 is 8.42 Å². The van der Waals surface area contributed by atoms with Crippen LogP contribution in [0, 0.1) is 5.92 Å². The van der Waals surface area contributed by atoms with Crippen LogP contribution in [0.5, 0.6) is 0 Å². The van der Waals surface area contributed by atoms with Gasteiger partial charge in [-0.2, -0.15) is 0 Å². The molecule has 0 atom stereocenters. The number of nitrogens with one attached hydrogen (secondary N) is 2. The van der Waals surface area contributed by atoms with Gasteiger partial charge < -0.3 is 15.5 Å². The number of likely N-dealkylation sites (tertiary alicyclic amines) is 1. The first-order valence-corrected chi connectivity index (χ1v) is 10.2. The van der Waals surface area contributed by atoms with Gasteiger partial charge in [0.2, 0.25) is 0 Å². The van der Waals surface area contributed by atoms with Crippen LogP contribution in [0.3, 0.4) is 0 Å². The van der Waals surface area contributed by atoms with Gasteiger partial charge in [0.25, 0.3) is 0 Å². The van der Waals surface area contributed by atoms with Crippen molar-refractivity contribution in [2.24, 2.45) is 10.9 Å². The monoisotopic (exact) mass is 332 g/mol. The molecule has 0 aliphatic carbocycles. The van der Waals surface area contributed by atoms with E-state index >= 15 is 0 Å². The molecule has 0 spiro atoms. The number of guanidine groups is 1. The summed E-state index contributed by atoms with van der Waals surface area (Å²) in [6.45, 7) is 8.79. The smallest absolute Gasteiger partial charge is 0.191 e. The molecule has 2 N–H and O–H groups in total. The van der Waals surface area contributed by atoms with Gasteiger partial charge in [0, 0.05) is 25.9 Å². The topological polar surface area (TPSA) is 73.8 Å². The molecule has 1 heterocycles. The molecule has 0 radical (unpaired) electrons. The third kappa shape index (κ3) is 7.98. The molecule has 1 aliphatic rings. The van der Waals surface area contributed by atoms with Crippen LogP contribution in [0.1, 0.15) is 33.1 Å². The van der Waals surface area contributed by atoms with Gasteiger partial charge in [-0.05, 0) is 44.8 Å². The number of hydrogen-bond acceptors (Lipinski definition) is 4. The van der Waals surface area contributed by atoms with Crippen molar-refractivity contribution in [3.63, 3.8) is 0 Å². The Kier molecular flexibility index (Phi) is 8.78. The highest BCUT2D eigenvalue weighted by molar-refractivity contribution is 7.91. The molecule has 130 valence electrons. The minimum absolute atomic E-state index is 0.149. The summed E-state index contributed by atoms with van der Waals surface area (Å²) in [7, 11) is -1.22. The number of sulfone groups is 1. The third-order valence-electron chi connectivity index (χ3n) is 4.19. The number of nitrogens with zero attached hydrogens (tertiary/aromatic N) is 2. The average molecular weight is 333 g/mol. The van der Waals surface area contributed by atoms with Crippen molar-refractivity contribution in [1.82, 2.24) is 15.5 Å². The maximum Gasteiger partial charge on any atom is 0.191 e. The molecule has 1 aliphatic heterocycles. The molecule has 0 aromatic carbocycles. The van der Waals surface area contributed by atoms with E-state index in [9.17, 15) is 8.42 Å². The predicted molar refractivity (Wildman–Crippen MR) is 93.1 cm³/mol. The van der Waals surface area contributed by atoms with Gasteiger partial charge in [0.1, 0.15) is 0 Å². The lowest BCUT2D eigenvalue weighted by atomic mass is 9.99. The van der Waals surface area contributed by atoms with E-state index in [0.29, 0.717) is 12.5 Å². The lowest BCUT2D eigenvalue weighted by molar-refractivity contribution is 0.191. The van der Waals surface area contributed by atoms with E-state index < -0.39 is 9.84 Å². The molecule has 22 heavy (non-hydrogen) atoms. The largest absolute Gasteiger partial charge is 0.356 e. The van der Waals surface area contributed by atoms with Gasteiger partial charge in [-0.1, -0.05) is 13.8 Å². The summed E-state index contributed by atoms with van der Waals surface area (Å²) in [6.07, 6.45) is 3.69. The summed E-state index contributed by atoms with van der Waals surface area (Å²) in [6, 6.07) is 0. The molecular weight excluding hydrogens is 300 g/mol. The van der Waals surface area contributed by atoms with Crippen molar-refractivity contribution in [3.8, 4) is 0 Å². The lowest BCUT2D eigenvalue weighted by Crippen LogP contribution is -2.41. The second-order valence-corrected chi connectivity index (χ2v) is 8.51. The number of rotatable bonds is 8. The normalized spacial score (nSPS) is 18.4. The Hall–Kier alpha value is -0.820. The summed E-state index contributed by atoms with van der Waals surface area (Å²) in [4.78, 5) is 6.63. The van der Waals surface area contributed by atoms with Crippen LogP contribution in [0.2, 0.25) is 0 Å². The van der Waals surface area contributed by atoms with Gasteiger partial charge in [-0.3, -0.25) is 4.99 Å². The summed E-state index contributed by atoms with van der Waals surface area (Å²) < 4.78 is 22.8. The minimum atomic E-state index is -2.92. The highest BCUT2D eigenvalue weighted by Crippen LogP contribution is 2.15. The first-order valence-electron chi connectivity index (χ1n) is 8.34. The van der Waals surface area contributed by atoms with Crippen molar-refractivity contribution >= 4 is 15.8 Å². The fourth-order valence-corrected chi connectivity index (χ4v) is 3.19. The van der Waals surface area contributed by atoms with Gasteiger partial charge in [-0.15, -0.1) is 0 Å². The van der Waals surface area contributed by atoms with E-state index in [4.69, 9.17) is 0 Å². The Balaban J connectivity index is 2.11. The summed E-state index contributed by atoms with van der Waals surface area (Å²) >= 11 is 0. The van der Waals surface area contributed by atoms with Gasteiger partial charge in [-0.25, -0.2) is 8.42 Å². The molecular formula is C15H32N4O2S. The molecule has 1 rings (SSSR count). The molecule has 1 saturated heterocycles. The van der Waals surface area contributed by atoms with Crippen molar-refractivity contribution in [3.05, 3.63) is 0 Å². The highest BCUT2D eigenvalue weighted by atomic mass is 32.2. The zero-order valence-corrected chi connectivity index (χ0v) is 15.1. The third-order valence-corrected chi connectivity index (χ3v) is 5.89. The number of piperidine rings is 1. The van der Waals surface area contributed by atoms with Gasteiger partial charge in [0.15, 0.2) is 15.8 Å². The molecule has 0 saturated carbocycles. The van der Waals surface area contributed by atoms with E-state index in [2.05, 4.69) is 27.4 Å². The molecule has 1 fully saturated rings. The van der Waals surface area contributed by atoms with E-state index in [1.165, 1.54) is 25.9 Å². The Morgan fingerprint density at radius 2 is 1.86 bits per heavy atom. The molecule has 0 aromatic heterocycles. The highest BCUT2D eigenvalue weighted by Gasteiger charge is 2.14. The molecule has 0 amide bonds. The number of aliphatic imine (C=N–C) groups is 1. The fraction of sp³-hybridized carbons (Fsp3) is 0.933. The summed E-state index contributed by atoms with van der Waals surface area (Å²) in [5.74, 6) is 1.89. The SMILES string of the molecule is CCS(=O)(=O)CCNC(=NC)NCCCN1CCC(C)CC1. The standard InChI is InChI=1S/C15H32N4O2S/c1-4-22(20,21)13-9-18-15(16-3)17-8-5-10-19-11-6-14(2)7-12-19/h14H,4-13H2,1-3H3,(H2,16,17,18).